The molecule has 2 aromatic heterocycles. The van der Waals surface area contributed by atoms with E-state index in [1.54, 1.807) is 6.20 Å². The highest BCUT2D eigenvalue weighted by Gasteiger charge is 2.07. The predicted octanol–water partition coefficient (Wildman–Crippen LogP) is 5.54. The monoisotopic (exact) mass is 366 g/mol. The molecule has 0 amide bonds. The van der Waals surface area contributed by atoms with Gasteiger partial charge in [-0.25, -0.2) is 9.97 Å². The van der Waals surface area contributed by atoms with E-state index in [9.17, 15) is 0 Å². The van der Waals surface area contributed by atoms with E-state index in [0.717, 1.165) is 38.3 Å². The predicted molar refractivity (Wildman–Crippen MR) is 105 cm³/mol. The molecule has 25 heavy (non-hydrogen) atoms. The molecule has 6 heteroatoms. The SMILES string of the molecule is CSc1nccc(-n2ccc3cc(Nc4ccc(Cl)cc4)ccc32)n1. The summed E-state index contributed by atoms with van der Waals surface area (Å²) in [4.78, 5) is 8.80. The normalized spacial score (nSPS) is 11.0. The minimum absolute atomic E-state index is 0.729. The highest BCUT2D eigenvalue weighted by molar-refractivity contribution is 7.98. The van der Waals surface area contributed by atoms with Crippen molar-refractivity contribution in [1.29, 1.82) is 0 Å². The van der Waals surface area contributed by atoms with Crippen molar-refractivity contribution in [3.63, 3.8) is 0 Å². The average Bonchev–Trinajstić information content (AvgIpc) is 3.07. The molecule has 0 aliphatic heterocycles. The summed E-state index contributed by atoms with van der Waals surface area (Å²) in [7, 11) is 0. The molecule has 0 unspecified atom stereocenters. The first-order valence-corrected chi connectivity index (χ1v) is 9.34. The molecular weight excluding hydrogens is 352 g/mol. The van der Waals surface area contributed by atoms with Crippen LogP contribution in [-0.4, -0.2) is 20.8 Å². The summed E-state index contributed by atoms with van der Waals surface area (Å²) in [6, 6.07) is 17.9. The number of hydrogen-bond donors (Lipinski definition) is 1. The smallest absolute Gasteiger partial charge is 0.189 e. The van der Waals surface area contributed by atoms with Gasteiger partial charge in [0.25, 0.3) is 0 Å². The van der Waals surface area contributed by atoms with Crippen molar-refractivity contribution in [2.24, 2.45) is 0 Å². The van der Waals surface area contributed by atoms with Crippen LogP contribution in [0.2, 0.25) is 5.02 Å². The number of fused-ring (bicyclic) bond motifs is 1. The number of halogens is 1. The number of anilines is 2. The van der Waals surface area contributed by atoms with Gasteiger partial charge in [-0.2, -0.15) is 0 Å². The molecule has 0 radical (unpaired) electrons. The first kappa shape index (κ1) is 16.0. The van der Waals surface area contributed by atoms with Crippen LogP contribution < -0.4 is 5.32 Å². The number of nitrogens with one attached hydrogen (secondary N) is 1. The van der Waals surface area contributed by atoms with Crippen molar-refractivity contribution < 1.29 is 0 Å². The third-order valence-electron chi connectivity index (χ3n) is 3.87. The fourth-order valence-corrected chi connectivity index (χ4v) is 3.16. The van der Waals surface area contributed by atoms with Gasteiger partial charge in [-0.3, -0.25) is 0 Å². The van der Waals surface area contributed by atoms with E-state index in [4.69, 9.17) is 11.6 Å². The Kier molecular flexibility index (Phi) is 4.34. The summed E-state index contributed by atoms with van der Waals surface area (Å²) in [5.74, 6) is 0.868. The van der Waals surface area contributed by atoms with Gasteiger partial charge in [0.1, 0.15) is 5.82 Å². The Balaban J connectivity index is 1.67. The van der Waals surface area contributed by atoms with Gasteiger partial charge in [-0.15, -0.1) is 0 Å². The highest BCUT2D eigenvalue weighted by atomic mass is 35.5. The molecule has 1 N–H and O–H groups in total. The van der Waals surface area contributed by atoms with Crippen molar-refractivity contribution >= 4 is 45.6 Å². The minimum Gasteiger partial charge on any atom is -0.356 e. The molecule has 0 bridgehead atoms. The van der Waals surface area contributed by atoms with Crippen molar-refractivity contribution in [1.82, 2.24) is 14.5 Å². The van der Waals surface area contributed by atoms with Crippen LogP contribution in [0.4, 0.5) is 11.4 Å². The van der Waals surface area contributed by atoms with E-state index in [2.05, 4.69) is 44.1 Å². The van der Waals surface area contributed by atoms with Crippen molar-refractivity contribution in [2.45, 2.75) is 5.16 Å². The molecule has 0 spiro atoms. The second-order valence-electron chi connectivity index (χ2n) is 5.49. The second-order valence-corrected chi connectivity index (χ2v) is 6.70. The van der Waals surface area contributed by atoms with Crippen LogP contribution >= 0.6 is 23.4 Å². The summed E-state index contributed by atoms with van der Waals surface area (Å²) in [5.41, 5.74) is 3.14. The fourth-order valence-electron chi connectivity index (χ4n) is 2.68. The molecule has 0 aliphatic rings. The van der Waals surface area contributed by atoms with Crippen LogP contribution in [0.3, 0.4) is 0 Å². The third-order valence-corrected chi connectivity index (χ3v) is 4.69. The van der Waals surface area contributed by atoms with E-state index in [1.165, 1.54) is 11.8 Å². The average molecular weight is 367 g/mol. The number of hydrogen-bond acceptors (Lipinski definition) is 4. The Labute approximate surface area is 154 Å². The van der Waals surface area contributed by atoms with Gasteiger partial charge >= 0.3 is 0 Å². The maximum absolute atomic E-state index is 5.93. The van der Waals surface area contributed by atoms with Crippen LogP contribution in [0.5, 0.6) is 0 Å². The molecule has 2 aromatic carbocycles. The van der Waals surface area contributed by atoms with Crippen LogP contribution in [0.25, 0.3) is 16.7 Å². The van der Waals surface area contributed by atoms with Gasteiger partial charge in [0.2, 0.25) is 0 Å². The number of aromatic nitrogens is 3. The highest BCUT2D eigenvalue weighted by Crippen LogP contribution is 2.26. The lowest BCUT2D eigenvalue weighted by atomic mass is 10.2. The molecule has 4 nitrogen and oxygen atoms in total. The lowest BCUT2D eigenvalue weighted by Gasteiger charge is -2.08. The van der Waals surface area contributed by atoms with E-state index >= 15 is 0 Å². The molecule has 124 valence electrons. The molecule has 2 heterocycles. The topological polar surface area (TPSA) is 42.7 Å². The lowest BCUT2D eigenvalue weighted by molar-refractivity contribution is 0.908. The molecule has 4 rings (SSSR count). The third kappa shape index (κ3) is 3.34. The van der Waals surface area contributed by atoms with Crippen LogP contribution in [-0.2, 0) is 0 Å². The van der Waals surface area contributed by atoms with Crippen LogP contribution in [0.1, 0.15) is 0 Å². The maximum Gasteiger partial charge on any atom is 0.189 e. The van der Waals surface area contributed by atoms with Gasteiger partial charge in [-0.05, 0) is 60.9 Å². The zero-order chi connectivity index (χ0) is 17.2. The maximum atomic E-state index is 5.93. The zero-order valence-electron chi connectivity index (χ0n) is 13.5. The molecule has 0 fully saturated rings. The first-order valence-electron chi connectivity index (χ1n) is 7.74. The Morgan fingerprint density at radius 1 is 1.00 bits per heavy atom. The van der Waals surface area contributed by atoms with Crippen molar-refractivity contribution in [2.75, 3.05) is 11.6 Å². The second kappa shape index (κ2) is 6.78. The number of rotatable bonds is 4. The zero-order valence-corrected chi connectivity index (χ0v) is 15.1. The summed E-state index contributed by atoms with van der Waals surface area (Å²) in [6.07, 6.45) is 5.79. The van der Waals surface area contributed by atoms with Gasteiger partial charge in [0, 0.05) is 34.2 Å². The number of benzene rings is 2. The summed E-state index contributed by atoms with van der Waals surface area (Å²) in [6.45, 7) is 0. The van der Waals surface area contributed by atoms with Crippen molar-refractivity contribution in [3.05, 3.63) is 72.0 Å². The van der Waals surface area contributed by atoms with Crippen LogP contribution in [0.15, 0.2) is 72.1 Å². The molecule has 4 aromatic rings. The molecule has 0 saturated carbocycles. The quantitative estimate of drug-likeness (QED) is 0.380. The van der Waals surface area contributed by atoms with Gasteiger partial charge in [0.05, 0.1) is 5.52 Å². The minimum atomic E-state index is 0.729. The molecular formula is C19H15ClN4S. The number of nitrogens with zero attached hydrogens (tertiary/aromatic N) is 3. The fraction of sp³-hybridized carbons (Fsp3) is 0.0526. The van der Waals surface area contributed by atoms with E-state index < -0.39 is 0 Å². The largest absolute Gasteiger partial charge is 0.356 e. The van der Waals surface area contributed by atoms with E-state index in [0.29, 0.717) is 0 Å². The standard InChI is InChI=1S/C19H15ClN4S/c1-25-19-21-10-8-18(23-19)24-11-9-13-12-16(6-7-17(13)24)22-15-4-2-14(20)3-5-15/h2-12,22H,1H3. The molecule has 0 saturated heterocycles. The van der Waals surface area contributed by atoms with Gasteiger partial charge in [0.15, 0.2) is 5.16 Å². The van der Waals surface area contributed by atoms with Crippen molar-refractivity contribution in [3.8, 4) is 5.82 Å². The summed E-state index contributed by atoms with van der Waals surface area (Å²) >= 11 is 7.47. The first-order chi connectivity index (χ1) is 12.2. The van der Waals surface area contributed by atoms with Gasteiger partial charge < -0.3 is 9.88 Å². The Bertz CT molecular complexity index is 1030. The Hall–Kier alpha value is -2.50. The summed E-state index contributed by atoms with van der Waals surface area (Å²) in [5, 5.41) is 6.03. The number of thioether (sulfide) groups is 1. The van der Waals surface area contributed by atoms with Crippen LogP contribution in [0, 0.1) is 0 Å². The van der Waals surface area contributed by atoms with E-state index in [-0.39, 0.29) is 0 Å². The summed E-state index contributed by atoms with van der Waals surface area (Å²) < 4.78 is 2.07. The van der Waals surface area contributed by atoms with E-state index in [1.807, 2.05) is 42.8 Å². The molecule has 0 aliphatic carbocycles. The van der Waals surface area contributed by atoms with Gasteiger partial charge in [-0.1, -0.05) is 23.4 Å². The lowest BCUT2D eigenvalue weighted by Crippen LogP contribution is -1.98. The Morgan fingerprint density at radius 3 is 2.60 bits per heavy atom. The molecule has 0 atom stereocenters. The Morgan fingerprint density at radius 2 is 1.80 bits per heavy atom.